The molecule has 0 saturated heterocycles. The summed E-state index contributed by atoms with van der Waals surface area (Å²) in [5.41, 5.74) is 2.98. The Hall–Kier alpha value is -3.51. The molecule has 0 atom stereocenters. The fourth-order valence-electron chi connectivity index (χ4n) is 3.03. The van der Waals surface area contributed by atoms with Crippen LogP contribution in [0.1, 0.15) is 27.6 Å². The zero-order chi connectivity index (χ0) is 21.1. The smallest absolute Gasteiger partial charge is 0.256 e. The minimum atomic E-state index is -0.310. The average molecular weight is 461 g/mol. The Labute approximate surface area is 181 Å². The molecule has 1 N–H and O–H groups in total. The van der Waals surface area contributed by atoms with E-state index < -0.39 is 0 Å². The molecular weight excluding hydrogens is 444 g/mol. The molecule has 0 bridgehead atoms. The standard InChI is InChI=1S/C24H17BrN2O3/c1-15(28)17-5-4-6-19(13-17)27-23(29)20-7-2-3-8-21(20)24-26-14-22(30-24)16-9-11-18(25)12-10-16/h2-14H,1H3,(H,27,29). The van der Waals surface area contributed by atoms with Gasteiger partial charge in [-0.1, -0.05) is 52.3 Å². The van der Waals surface area contributed by atoms with E-state index in [1.54, 1.807) is 48.7 Å². The summed E-state index contributed by atoms with van der Waals surface area (Å²) in [6, 6.07) is 21.6. The Morgan fingerprint density at radius 1 is 0.967 bits per heavy atom. The first-order chi connectivity index (χ1) is 14.5. The number of amides is 1. The first-order valence-corrected chi connectivity index (χ1v) is 10.0. The Bertz CT molecular complexity index is 1230. The van der Waals surface area contributed by atoms with Gasteiger partial charge in [0.15, 0.2) is 11.5 Å². The van der Waals surface area contributed by atoms with Crippen molar-refractivity contribution >= 4 is 33.3 Å². The predicted octanol–water partition coefficient (Wildman–Crippen LogP) is 6.23. The van der Waals surface area contributed by atoms with Gasteiger partial charge in [0.2, 0.25) is 5.89 Å². The summed E-state index contributed by atoms with van der Waals surface area (Å²) in [4.78, 5) is 28.9. The van der Waals surface area contributed by atoms with Gasteiger partial charge >= 0.3 is 0 Å². The lowest BCUT2D eigenvalue weighted by molar-refractivity contribution is 0.101. The topological polar surface area (TPSA) is 72.2 Å². The molecule has 148 valence electrons. The fraction of sp³-hybridized carbons (Fsp3) is 0.0417. The lowest BCUT2D eigenvalue weighted by atomic mass is 10.1. The van der Waals surface area contributed by atoms with Gasteiger partial charge in [0, 0.05) is 26.9 Å². The number of anilines is 1. The van der Waals surface area contributed by atoms with Crippen LogP contribution in [0.4, 0.5) is 5.69 Å². The summed E-state index contributed by atoms with van der Waals surface area (Å²) in [6.45, 7) is 1.49. The van der Waals surface area contributed by atoms with Gasteiger partial charge in [0.1, 0.15) is 0 Å². The highest BCUT2D eigenvalue weighted by Gasteiger charge is 2.17. The summed E-state index contributed by atoms with van der Waals surface area (Å²) in [6.07, 6.45) is 1.64. The number of hydrogen-bond acceptors (Lipinski definition) is 4. The van der Waals surface area contributed by atoms with Crippen LogP contribution in [-0.4, -0.2) is 16.7 Å². The number of carbonyl (C=O) groups excluding carboxylic acids is 2. The van der Waals surface area contributed by atoms with E-state index >= 15 is 0 Å². The number of carbonyl (C=O) groups is 2. The molecule has 5 nitrogen and oxygen atoms in total. The highest BCUT2D eigenvalue weighted by atomic mass is 79.9. The van der Waals surface area contributed by atoms with Crippen LogP contribution in [0.25, 0.3) is 22.8 Å². The molecule has 3 aromatic carbocycles. The number of benzene rings is 3. The van der Waals surface area contributed by atoms with E-state index in [1.165, 1.54) is 6.92 Å². The van der Waals surface area contributed by atoms with Gasteiger partial charge in [-0.25, -0.2) is 4.98 Å². The number of ketones is 1. The third-order valence-electron chi connectivity index (χ3n) is 4.56. The molecule has 0 fully saturated rings. The molecule has 1 heterocycles. The normalized spacial score (nSPS) is 10.6. The largest absolute Gasteiger partial charge is 0.436 e. The zero-order valence-electron chi connectivity index (χ0n) is 16.1. The predicted molar refractivity (Wildman–Crippen MR) is 119 cm³/mol. The van der Waals surface area contributed by atoms with Crippen LogP contribution in [0.15, 0.2) is 87.9 Å². The van der Waals surface area contributed by atoms with E-state index in [-0.39, 0.29) is 11.7 Å². The van der Waals surface area contributed by atoms with E-state index in [1.807, 2.05) is 30.3 Å². The van der Waals surface area contributed by atoms with E-state index in [0.29, 0.717) is 34.0 Å². The zero-order valence-corrected chi connectivity index (χ0v) is 17.6. The third kappa shape index (κ3) is 4.23. The van der Waals surface area contributed by atoms with E-state index in [2.05, 4.69) is 26.2 Å². The maximum Gasteiger partial charge on any atom is 0.256 e. The minimum Gasteiger partial charge on any atom is -0.436 e. The van der Waals surface area contributed by atoms with Crippen molar-refractivity contribution in [3.63, 3.8) is 0 Å². The molecular formula is C24H17BrN2O3. The van der Waals surface area contributed by atoms with Crippen molar-refractivity contribution in [1.82, 2.24) is 4.98 Å². The second kappa shape index (κ2) is 8.47. The molecule has 4 aromatic rings. The molecule has 0 aliphatic rings. The van der Waals surface area contributed by atoms with Crippen LogP contribution < -0.4 is 5.32 Å². The number of nitrogens with one attached hydrogen (secondary N) is 1. The van der Waals surface area contributed by atoms with Gasteiger partial charge in [-0.3, -0.25) is 9.59 Å². The second-order valence-corrected chi connectivity index (χ2v) is 7.59. The summed E-state index contributed by atoms with van der Waals surface area (Å²) >= 11 is 3.42. The molecule has 0 saturated carbocycles. The Morgan fingerprint density at radius 2 is 1.73 bits per heavy atom. The van der Waals surface area contributed by atoms with Crippen LogP contribution in [0.5, 0.6) is 0 Å². The van der Waals surface area contributed by atoms with Gasteiger partial charge in [-0.15, -0.1) is 0 Å². The summed E-state index contributed by atoms with van der Waals surface area (Å²) < 4.78 is 6.91. The number of halogens is 1. The van der Waals surface area contributed by atoms with Crippen molar-refractivity contribution < 1.29 is 14.0 Å². The van der Waals surface area contributed by atoms with Gasteiger partial charge in [0.05, 0.1) is 11.8 Å². The summed E-state index contributed by atoms with van der Waals surface area (Å²) in [7, 11) is 0. The van der Waals surface area contributed by atoms with Crippen molar-refractivity contribution in [3.05, 3.63) is 94.6 Å². The van der Waals surface area contributed by atoms with Crippen molar-refractivity contribution in [2.75, 3.05) is 5.32 Å². The van der Waals surface area contributed by atoms with Crippen LogP contribution in [-0.2, 0) is 0 Å². The number of Topliss-reactive ketones (excluding diaryl/α,β-unsaturated/α-hetero) is 1. The average Bonchev–Trinajstić information content (AvgIpc) is 3.24. The molecule has 0 unspecified atom stereocenters. The Kier molecular flexibility index (Phi) is 5.59. The molecule has 4 rings (SSSR count). The van der Waals surface area contributed by atoms with E-state index in [0.717, 1.165) is 10.0 Å². The minimum absolute atomic E-state index is 0.0632. The van der Waals surface area contributed by atoms with Crippen LogP contribution in [0.3, 0.4) is 0 Å². The monoisotopic (exact) mass is 460 g/mol. The highest BCUT2D eigenvalue weighted by molar-refractivity contribution is 9.10. The molecule has 1 aromatic heterocycles. The molecule has 1 amide bonds. The van der Waals surface area contributed by atoms with Crippen molar-refractivity contribution in [2.45, 2.75) is 6.92 Å². The van der Waals surface area contributed by atoms with Gasteiger partial charge in [-0.2, -0.15) is 0 Å². The van der Waals surface area contributed by atoms with Crippen molar-refractivity contribution in [1.29, 1.82) is 0 Å². The lowest BCUT2D eigenvalue weighted by Crippen LogP contribution is -2.13. The van der Waals surface area contributed by atoms with E-state index in [4.69, 9.17) is 4.42 Å². The number of rotatable bonds is 5. The maximum atomic E-state index is 12.9. The molecule has 30 heavy (non-hydrogen) atoms. The van der Waals surface area contributed by atoms with Crippen LogP contribution in [0.2, 0.25) is 0 Å². The molecule has 6 heteroatoms. The molecule has 0 radical (unpaired) electrons. The lowest BCUT2D eigenvalue weighted by Gasteiger charge is -2.09. The Balaban J connectivity index is 1.63. The summed E-state index contributed by atoms with van der Waals surface area (Å²) in [5.74, 6) is 0.597. The maximum absolute atomic E-state index is 12.9. The Morgan fingerprint density at radius 3 is 2.50 bits per heavy atom. The van der Waals surface area contributed by atoms with Crippen molar-refractivity contribution in [2.24, 2.45) is 0 Å². The molecule has 0 spiro atoms. The third-order valence-corrected chi connectivity index (χ3v) is 5.09. The first kappa shape index (κ1) is 19.8. The fourth-order valence-corrected chi connectivity index (χ4v) is 3.29. The summed E-state index contributed by atoms with van der Waals surface area (Å²) in [5, 5.41) is 2.84. The van der Waals surface area contributed by atoms with Crippen molar-refractivity contribution in [3.8, 4) is 22.8 Å². The van der Waals surface area contributed by atoms with E-state index in [9.17, 15) is 9.59 Å². The van der Waals surface area contributed by atoms with Gasteiger partial charge in [0.25, 0.3) is 5.91 Å². The first-order valence-electron chi connectivity index (χ1n) is 9.25. The number of nitrogens with zero attached hydrogens (tertiary/aromatic N) is 1. The highest BCUT2D eigenvalue weighted by Crippen LogP contribution is 2.29. The second-order valence-electron chi connectivity index (χ2n) is 6.67. The van der Waals surface area contributed by atoms with Gasteiger partial charge in [-0.05, 0) is 43.3 Å². The number of hydrogen-bond donors (Lipinski definition) is 1. The van der Waals surface area contributed by atoms with Crippen LogP contribution in [0, 0.1) is 0 Å². The molecule has 0 aliphatic carbocycles. The van der Waals surface area contributed by atoms with Gasteiger partial charge < -0.3 is 9.73 Å². The number of oxazole rings is 1. The quantitative estimate of drug-likeness (QED) is 0.358. The SMILES string of the molecule is CC(=O)c1cccc(NC(=O)c2ccccc2-c2ncc(-c3ccc(Br)cc3)o2)c1. The van der Waals surface area contributed by atoms with Crippen LogP contribution >= 0.6 is 15.9 Å². The molecule has 0 aliphatic heterocycles. The number of aromatic nitrogens is 1.